The fourth-order valence-electron chi connectivity index (χ4n) is 1.87. The Morgan fingerprint density at radius 1 is 1.50 bits per heavy atom. The van der Waals surface area contributed by atoms with Crippen molar-refractivity contribution in [3.8, 4) is 5.75 Å². The molecule has 1 unspecified atom stereocenters. The predicted molar refractivity (Wildman–Crippen MR) is 68.2 cm³/mol. The van der Waals surface area contributed by atoms with Crippen LogP contribution < -0.4 is 10.1 Å². The van der Waals surface area contributed by atoms with Gasteiger partial charge < -0.3 is 14.8 Å². The van der Waals surface area contributed by atoms with E-state index in [0.29, 0.717) is 6.04 Å². The van der Waals surface area contributed by atoms with Gasteiger partial charge in [0.25, 0.3) is 0 Å². The maximum Gasteiger partial charge on any atom is 0.142 e. The maximum atomic E-state index is 5.44. The summed E-state index contributed by atoms with van der Waals surface area (Å²) < 4.78 is 11.8. The zero-order valence-electron chi connectivity index (χ0n) is 9.33. The number of hydrogen-bond acceptors (Lipinski definition) is 3. The number of anilines is 1. The minimum absolute atomic E-state index is 0.386. The fraction of sp³-hybridized carbons (Fsp3) is 0.500. The molecule has 0 radical (unpaired) electrons. The van der Waals surface area contributed by atoms with Crippen molar-refractivity contribution >= 4 is 21.6 Å². The molecule has 1 fully saturated rings. The Morgan fingerprint density at radius 3 is 3.06 bits per heavy atom. The van der Waals surface area contributed by atoms with Crippen LogP contribution in [-0.4, -0.2) is 26.4 Å². The number of halogens is 1. The molecule has 0 aliphatic carbocycles. The van der Waals surface area contributed by atoms with Crippen molar-refractivity contribution in [1.29, 1.82) is 0 Å². The highest BCUT2D eigenvalue weighted by Gasteiger charge is 2.15. The number of hydrogen-bond donors (Lipinski definition) is 1. The zero-order chi connectivity index (χ0) is 11.4. The van der Waals surface area contributed by atoms with Crippen LogP contribution in [0.15, 0.2) is 22.7 Å². The largest absolute Gasteiger partial charge is 0.495 e. The first-order valence-electron chi connectivity index (χ1n) is 5.47. The number of ether oxygens (including phenoxy) is 2. The molecule has 2 rings (SSSR count). The number of nitrogens with one attached hydrogen (secondary N) is 1. The first-order valence-corrected chi connectivity index (χ1v) is 6.26. The molecule has 1 saturated heterocycles. The van der Waals surface area contributed by atoms with Gasteiger partial charge in [0, 0.05) is 17.1 Å². The average Bonchev–Trinajstić information content (AvgIpc) is 2.31. The van der Waals surface area contributed by atoms with Crippen LogP contribution in [0.4, 0.5) is 5.69 Å². The molecule has 4 heteroatoms. The first-order chi connectivity index (χ1) is 7.79. The topological polar surface area (TPSA) is 30.5 Å². The minimum Gasteiger partial charge on any atom is -0.495 e. The number of rotatable bonds is 3. The van der Waals surface area contributed by atoms with E-state index in [9.17, 15) is 0 Å². The molecule has 0 amide bonds. The van der Waals surface area contributed by atoms with Gasteiger partial charge in [0.05, 0.1) is 19.4 Å². The Balaban J connectivity index is 2.09. The molecule has 1 aromatic carbocycles. The number of benzene rings is 1. The van der Waals surface area contributed by atoms with Crippen LogP contribution in [0.3, 0.4) is 0 Å². The van der Waals surface area contributed by atoms with Gasteiger partial charge in [-0.15, -0.1) is 0 Å². The summed E-state index contributed by atoms with van der Waals surface area (Å²) in [6, 6.07) is 6.35. The van der Waals surface area contributed by atoms with Gasteiger partial charge in [-0.05, 0) is 31.0 Å². The summed E-state index contributed by atoms with van der Waals surface area (Å²) in [5.74, 6) is 0.869. The van der Waals surface area contributed by atoms with Gasteiger partial charge in [-0.1, -0.05) is 15.9 Å². The molecule has 1 aliphatic rings. The first kappa shape index (κ1) is 11.7. The molecule has 0 saturated carbocycles. The van der Waals surface area contributed by atoms with Gasteiger partial charge >= 0.3 is 0 Å². The van der Waals surface area contributed by atoms with E-state index in [-0.39, 0.29) is 0 Å². The van der Waals surface area contributed by atoms with Gasteiger partial charge in [-0.3, -0.25) is 0 Å². The second-order valence-electron chi connectivity index (χ2n) is 3.90. The normalized spacial score (nSPS) is 20.5. The second-order valence-corrected chi connectivity index (χ2v) is 4.82. The molecular formula is C12H16BrNO2. The summed E-state index contributed by atoms with van der Waals surface area (Å²) in [7, 11) is 1.69. The van der Waals surface area contributed by atoms with Crippen LogP contribution >= 0.6 is 15.9 Å². The summed E-state index contributed by atoms with van der Waals surface area (Å²) in [5, 5.41) is 3.46. The molecule has 1 aliphatic heterocycles. The zero-order valence-corrected chi connectivity index (χ0v) is 10.9. The number of methoxy groups -OCH3 is 1. The molecule has 1 aromatic rings. The highest BCUT2D eigenvalue weighted by molar-refractivity contribution is 9.10. The lowest BCUT2D eigenvalue weighted by Crippen LogP contribution is -2.30. The molecule has 3 nitrogen and oxygen atoms in total. The van der Waals surface area contributed by atoms with Gasteiger partial charge in [-0.2, -0.15) is 0 Å². The van der Waals surface area contributed by atoms with Crippen molar-refractivity contribution in [2.45, 2.75) is 18.9 Å². The van der Waals surface area contributed by atoms with E-state index in [1.54, 1.807) is 7.11 Å². The fourth-order valence-corrected chi connectivity index (χ4v) is 2.23. The Hall–Kier alpha value is -0.740. The molecule has 0 spiro atoms. The molecule has 0 bridgehead atoms. The predicted octanol–water partition coefficient (Wildman–Crippen LogP) is 3.05. The average molecular weight is 286 g/mol. The van der Waals surface area contributed by atoms with E-state index < -0.39 is 0 Å². The second kappa shape index (κ2) is 5.55. The molecule has 1 heterocycles. The lowest BCUT2D eigenvalue weighted by atomic mass is 10.1. The van der Waals surface area contributed by atoms with Crippen LogP contribution in [0.5, 0.6) is 5.75 Å². The van der Waals surface area contributed by atoms with E-state index in [4.69, 9.17) is 9.47 Å². The van der Waals surface area contributed by atoms with E-state index >= 15 is 0 Å². The monoisotopic (exact) mass is 285 g/mol. The molecule has 1 N–H and O–H groups in total. The summed E-state index contributed by atoms with van der Waals surface area (Å²) in [5.41, 5.74) is 1.02. The van der Waals surface area contributed by atoms with Gasteiger partial charge in [0.15, 0.2) is 0 Å². The Bertz CT molecular complexity index is 351. The summed E-state index contributed by atoms with van der Waals surface area (Å²) in [4.78, 5) is 0. The lowest BCUT2D eigenvalue weighted by Gasteiger charge is -2.25. The molecule has 0 aromatic heterocycles. The van der Waals surface area contributed by atoms with Crippen molar-refractivity contribution in [3.63, 3.8) is 0 Å². The summed E-state index contributed by atoms with van der Waals surface area (Å²) >= 11 is 3.46. The Kier molecular flexibility index (Phi) is 4.07. The Morgan fingerprint density at radius 2 is 2.38 bits per heavy atom. The quantitative estimate of drug-likeness (QED) is 0.926. The SMILES string of the molecule is COc1ccc(Br)cc1NC1CCCOC1. The van der Waals surface area contributed by atoms with Crippen LogP contribution in [0, 0.1) is 0 Å². The van der Waals surface area contributed by atoms with Crippen LogP contribution in [-0.2, 0) is 4.74 Å². The van der Waals surface area contributed by atoms with Crippen molar-refractivity contribution in [2.75, 3.05) is 25.6 Å². The molecule has 16 heavy (non-hydrogen) atoms. The summed E-state index contributed by atoms with van der Waals surface area (Å²) in [6.45, 7) is 1.66. The van der Waals surface area contributed by atoms with Crippen molar-refractivity contribution in [2.24, 2.45) is 0 Å². The third-order valence-electron chi connectivity index (χ3n) is 2.68. The lowest BCUT2D eigenvalue weighted by molar-refractivity contribution is 0.0875. The van der Waals surface area contributed by atoms with Gasteiger partial charge in [0.1, 0.15) is 5.75 Å². The van der Waals surface area contributed by atoms with Crippen LogP contribution in [0.1, 0.15) is 12.8 Å². The summed E-state index contributed by atoms with van der Waals surface area (Å²) in [6.07, 6.45) is 2.27. The Labute approximate surface area is 104 Å². The van der Waals surface area contributed by atoms with E-state index in [0.717, 1.165) is 42.0 Å². The standard InChI is InChI=1S/C12H16BrNO2/c1-15-12-5-4-9(13)7-11(12)14-10-3-2-6-16-8-10/h4-5,7,10,14H,2-3,6,8H2,1H3. The highest BCUT2D eigenvalue weighted by Crippen LogP contribution is 2.29. The van der Waals surface area contributed by atoms with Crippen molar-refractivity contribution in [1.82, 2.24) is 0 Å². The van der Waals surface area contributed by atoms with Crippen LogP contribution in [0.2, 0.25) is 0 Å². The van der Waals surface area contributed by atoms with Crippen molar-refractivity contribution < 1.29 is 9.47 Å². The van der Waals surface area contributed by atoms with Crippen molar-refractivity contribution in [3.05, 3.63) is 22.7 Å². The third-order valence-corrected chi connectivity index (χ3v) is 3.17. The van der Waals surface area contributed by atoms with E-state index in [1.165, 1.54) is 0 Å². The van der Waals surface area contributed by atoms with E-state index in [1.807, 2.05) is 18.2 Å². The smallest absolute Gasteiger partial charge is 0.142 e. The van der Waals surface area contributed by atoms with Gasteiger partial charge in [-0.25, -0.2) is 0 Å². The molecule has 1 atom stereocenters. The third kappa shape index (κ3) is 2.89. The molecule has 88 valence electrons. The van der Waals surface area contributed by atoms with E-state index in [2.05, 4.69) is 21.2 Å². The van der Waals surface area contributed by atoms with Crippen LogP contribution in [0.25, 0.3) is 0 Å². The minimum atomic E-state index is 0.386. The highest BCUT2D eigenvalue weighted by atomic mass is 79.9. The van der Waals surface area contributed by atoms with Gasteiger partial charge in [0.2, 0.25) is 0 Å². The molecular weight excluding hydrogens is 270 g/mol. The maximum absolute atomic E-state index is 5.44.